The quantitative estimate of drug-likeness (QED) is 0.451. The normalized spacial score (nSPS) is 11.8. The van der Waals surface area contributed by atoms with Crippen LogP contribution < -0.4 is 0 Å². The van der Waals surface area contributed by atoms with Gasteiger partial charge in [-0.1, -0.05) is 12.1 Å². The zero-order valence-electron chi connectivity index (χ0n) is 15.6. The van der Waals surface area contributed by atoms with Gasteiger partial charge < -0.3 is 0 Å². The van der Waals surface area contributed by atoms with E-state index in [9.17, 15) is 8.42 Å². The number of thiophene rings is 1. The molecule has 0 saturated carbocycles. The van der Waals surface area contributed by atoms with Crippen LogP contribution in [0, 0.1) is 6.92 Å². The van der Waals surface area contributed by atoms with Crippen molar-refractivity contribution >= 4 is 21.4 Å². The molecule has 3 heterocycles. The molecule has 1 aromatic carbocycles. The minimum Gasteiger partial charge on any atom is -0.264 e. The molecule has 0 N–H and O–H groups in total. The van der Waals surface area contributed by atoms with Gasteiger partial charge in [0.05, 0.1) is 10.6 Å². The SMILES string of the molecule is Cc1cc(S(=O)(=O)N(Cc2cccnc2)Cc2cccs2)ccc1-n1cnnn1. The van der Waals surface area contributed by atoms with Crippen molar-refractivity contribution < 1.29 is 8.42 Å². The molecule has 0 bridgehead atoms. The molecule has 3 aromatic heterocycles. The number of benzene rings is 1. The van der Waals surface area contributed by atoms with Crippen molar-refractivity contribution in [3.63, 3.8) is 0 Å². The van der Waals surface area contributed by atoms with Gasteiger partial charge in [0.2, 0.25) is 10.0 Å². The van der Waals surface area contributed by atoms with Crippen molar-refractivity contribution in [1.29, 1.82) is 0 Å². The molecule has 0 unspecified atom stereocenters. The minimum atomic E-state index is -3.73. The lowest BCUT2D eigenvalue weighted by molar-refractivity contribution is 0.403. The number of rotatable bonds is 7. The van der Waals surface area contributed by atoms with Crippen LogP contribution in [0.4, 0.5) is 0 Å². The molecule has 0 aliphatic rings. The zero-order chi connectivity index (χ0) is 20.3. The predicted octanol–water partition coefficient (Wildman–Crippen LogP) is 2.82. The minimum absolute atomic E-state index is 0.229. The molecule has 0 fully saturated rings. The van der Waals surface area contributed by atoms with E-state index in [0.29, 0.717) is 6.54 Å². The van der Waals surface area contributed by atoms with Crippen LogP contribution in [0.3, 0.4) is 0 Å². The fourth-order valence-electron chi connectivity index (χ4n) is 2.96. The van der Waals surface area contributed by atoms with Crippen LogP contribution in [0.25, 0.3) is 5.69 Å². The van der Waals surface area contributed by atoms with E-state index in [4.69, 9.17) is 0 Å². The van der Waals surface area contributed by atoms with E-state index in [1.165, 1.54) is 26.7 Å². The van der Waals surface area contributed by atoms with Crippen molar-refractivity contribution in [3.8, 4) is 5.69 Å². The van der Waals surface area contributed by atoms with Gasteiger partial charge in [0.25, 0.3) is 0 Å². The number of hydrogen-bond acceptors (Lipinski definition) is 7. The van der Waals surface area contributed by atoms with Gasteiger partial charge in [-0.25, -0.2) is 13.1 Å². The molecule has 148 valence electrons. The summed E-state index contributed by atoms with van der Waals surface area (Å²) in [5.41, 5.74) is 2.32. The van der Waals surface area contributed by atoms with Crippen molar-refractivity contribution in [2.75, 3.05) is 0 Å². The van der Waals surface area contributed by atoms with Gasteiger partial charge >= 0.3 is 0 Å². The van der Waals surface area contributed by atoms with E-state index in [1.807, 2.05) is 30.5 Å². The molecule has 8 nitrogen and oxygen atoms in total. The number of hydrogen-bond donors (Lipinski definition) is 0. The average molecular weight is 427 g/mol. The van der Waals surface area contributed by atoms with Gasteiger partial charge in [-0.05, 0) is 64.2 Å². The summed E-state index contributed by atoms with van der Waals surface area (Å²) in [5.74, 6) is 0. The van der Waals surface area contributed by atoms with Crippen molar-refractivity contribution in [2.24, 2.45) is 0 Å². The van der Waals surface area contributed by atoms with Crippen LogP contribution in [-0.4, -0.2) is 37.9 Å². The average Bonchev–Trinajstić information content (AvgIpc) is 3.42. The van der Waals surface area contributed by atoms with Gasteiger partial charge in [0.1, 0.15) is 6.33 Å². The van der Waals surface area contributed by atoms with Crippen LogP contribution >= 0.6 is 11.3 Å². The number of aryl methyl sites for hydroxylation is 1. The second-order valence-electron chi connectivity index (χ2n) is 6.42. The van der Waals surface area contributed by atoms with E-state index in [-0.39, 0.29) is 11.4 Å². The number of nitrogens with zero attached hydrogens (tertiary/aromatic N) is 6. The number of tetrazole rings is 1. The Morgan fingerprint density at radius 1 is 1.14 bits per heavy atom. The molecular weight excluding hydrogens is 408 g/mol. The lowest BCUT2D eigenvalue weighted by atomic mass is 10.2. The Morgan fingerprint density at radius 2 is 2.03 bits per heavy atom. The molecule has 0 spiro atoms. The first-order valence-electron chi connectivity index (χ1n) is 8.79. The Morgan fingerprint density at radius 3 is 2.69 bits per heavy atom. The summed E-state index contributed by atoms with van der Waals surface area (Å²) in [6.07, 6.45) is 4.83. The summed E-state index contributed by atoms with van der Waals surface area (Å²) < 4.78 is 29.9. The van der Waals surface area contributed by atoms with Crippen LogP contribution in [0.1, 0.15) is 16.0 Å². The summed E-state index contributed by atoms with van der Waals surface area (Å²) >= 11 is 1.53. The van der Waals surface area contributed by atoms with Gasteiger partial charge in [-0.2, -0.15) is 4.31 Å². The first kappa shape index (κ1) is 19.4. The van der Waals surface area contributed by atoms with Crippen LogP contribution in [0.5, 0.6) is 0 Å². The predicted molar refractivity (Wildman–Crippen MR) is 109 cm³/mol. The second kappa shape index (κ2) is 8.19. The molecular formula is C19H18N6O2S2. The van der Waals surface area contributed by atoms with Crippen LogP contribution in [-0.2, 0) is 23.1 Å². The van der Waals surface area contributed by atoms with E-state index in [0.717, 1.165) is 21.7 Å². The van der Waals surface area contributed by atoms with E-state index in [2.05, 4.69) is 20.5 Å². The fraction of sp³-hybridized carbons (Fsp3) is 0.158. The Labute approximate surface area is 172 Å². The Hall–Kier alpha value is -2.95. The molecule has 4 aromatic rings. The Bertz CT molecular complexity index is 1180. The third-order valence-corrected chi connectivity index (χ3v) is 7.04. The van der Waals surface area contributed by atoms with Gasteiger partial charge in [0.15, 0.2) is 0 Å². The third-order valence-electron chi connectivity index (χ3n) is 4.40. The summed E-state index contributed by atoms with van der Waals surface area (Å²) in [6, 6.07) is 12.5. The van der Waals surface area contributed by atoms with E-state index in [1.54, 1.807) is 36.7 Å². The van der Waals surface area contributed by atoms with Gasteiger partial charge in [-0.15, -0.1) is 16.4 Å². The lowest BCUT2D eigenvalue weighted by Gasteiger charge is -2.22. The van der Waals surface area contributed by atoms with Crippen LogP contribution in [0.2, 0.25) is 0 Å². The molecule has 0 saturated heterocycles. The molecule has 4 rings (SSSR count). The van der Waals surface area contributed by atoms with Gasteiger partial charge in [0, 0.05) is 30.4 Å². The van der Waals surface area contributed by atoms with Crippen molar-refractivity contribution in [1.82, 2.24) is 29.5 Å². The molecule has 0 atom stereocenters. The first-order valence-corrected chi connectivity index (χ1v) is 11.1. The second-order valence-corrected chi connectivity index (χ2v) is 9.39. The summed E-state index contributed by atoms with van der Waals surface area (Å²) in [6.45, 7) is 2.37. The highest BCUT2D eigenvalue weighted by Crippen LogP contribution is 2.25. The summed E-state index contributed by atoms with van der Waals surface area (Å²) in [7, 11) is -3.73. The van der Waals surface area contributed by atoms with E-state index < -0.39 is 10.0 Å². The summed E-state index contributed by atoms with van der Waals surface area (Å²) in [4.78, 5) is 5.30. The molecule has 0 aliphatic heterocycles. The van der Waals surface area contributed by atoms with Crippen molar-refractivity contribution in [3.05, 3.63) is 82.6 Å². The maximum Gasteiger partial charge on any atom is 0.243 e. The molecule has 10 heteroatoms. The van der Waals surface area contributed by atoms with Crippen LogP contribution in [0.15, 0.2) is 71.5 Å². The Kier molecular flexibility index (Phi) is 5.47. The fourth-order valence-corrected chi connectivity index (χ4v) is 5.26. The zero-order valence-corrected chi connectivity index (χ0v) is 17.2. The number of aromatic nitrogens is 5. The largest absolute Gasteiger partial charge is 0.264 e. The van der Waals surface area contributed by atoms with Crippen molar-refractivity contribution in [2.45, 2.75) is 24.9 Å². The highest BCUT2D eigenvalue weighted by molar-refractivity contribution is 7.89. The maximum absolute atomic E-state index is 13.5. The molecule has 29 heavy (non-hydrogen) atoms. The maximum atomic E-state index is 13.5. The highest BCUT2D eigenvalue weighted by atomic mass is 32.2. The standard InChI is InChI=1S/C19H18N6O2S2/c1-15-10-18(6-7-19(15)25-14-21-22-23-25)29(26,27)24(13-17-5-3-9-28-17)12-16-4-2-8-20-11-16/h2-11,14H,12-13H2,1H3. The Balaban J connectivity index is 1.69. The molecule has 0 amide bonds. The third kappa shape index (κ3) is 4.24. The number of pyridine rings is 1. The topological polar surface area (TPSA) is 93.9 Å². The lowest BCUT2D eigenvalue weighted by Crippen LogP contribution is -2.30. The smallest absolute Gasteiger partial charge is 0.243 e. The molecule has 0 radical (unpaired) electrons. The summed E-state index contributed by atoms with van der Waals surface area (Å²) in [5, 5.41) is 13.1. The highest BCUT2D eigenvalue weighted by Gasteiger charge is 2.26. The van der Waals surface area contributed by atoms with E-state index >= 15 is 0 Å². The first-order chi connectivity index (χ1) is 14.0. The number of sulfonamides is 1. The van der Waals surface area contributed by atoms with Gasteiger partial charge in [-0.3, -0.25) is 4.98 Å². The molecule has 0 aliphatic carbocycles. The monoisotopic (exact) mass is 426 g/mol.